The molecule has 0 aliphatic carbocycles. The molecule has 4 heteroatoms. The second-order valence-electron chi connectivity index (χ2n) is 6.81. The van der Waals surface area contributed by atoms with Crippen molar-refractivity contribution in [2.75, 3.05) is 14.1 Å². The molecule has 1 N–H and O–H groups in total. The average molecular weight is 284 g/mol. The van der Waals surface area contributed by atoms with Gasteiger partial charge in [-0.2, -0.15) is 5.10 Å². The van der Waals surface area contributed by atoms with Crippen LogP contribution in [-0.2, 0) is 6.54 Å². The number of benzene rings is 1. The maximum atomic E-state index is 4.41. The molecule has 2 saturated heterocycles. The van der Waals surface area contributed by atoms with Crippen LogP contribution in [0.4, 0.5) is 0 Å². The predicted octanol–water partition coefficient (Wildman–Crippen LogP) is 2.62. The quantitative estimate of drug-likeness (QED) is 0.941. The zero-order valence-electron chi connectivity index (χ0n) is 12.9. The molecular formula is C17H24N4. The first-order valence-corrected chi connectivity index (χ1v) is 8.06. The van der Waals surface area contributed by atoms with Crippen LogP contribution in [0.3, 0.4) is 0 Å². The van der Waals surface area contributed by atoms with Crippen molar-refractivity contribution in [3.8, 4) is 0 Å². The molecule has 21 heavy (non-hydrogen) atoms. The van der Waals surface area contributed by atoms with Crippen LogP contribution in [0.25, 0.3) is 10.9 Å². The number of para-hydroxylation sites is 1. The number of H-pyrrole nitrogens is 1. The Morgan fingerprint density at radius 3 is 2.71 bits per heavy atom. The molecule has 112 valence electrons. The lowest BCUT2D eigenvalue weighted by Gasteiger charge is -2.40. The summed E-state index contributed by atoms with van der Waals surface area (Å²) in [5, 5.41) is 8.90. The van der Waals surface area contributed by atoms with Crippen LogP contribution >= 0.6 is 0 Å². The molecule has 0 radical (unpaired) electrons. The summed E-state index contributed by atoms with van der Waals surface area (Å²) in [4.78, 5) is 5.13. The number of rotatable bonds is 3. The molecule has 2 bridgehead atoms. The number of aromatic nitrogens is 2. The van der Waals surface area contributed by atoms with Gasteiger partial charge in [-0.05, 0) is 45.8 Å². The Morgan fingerprint density at radius 2 is 1.95 bits per heavy atom. The second kappa shape index (κ2) is 5.11. The summed E-state index contributed by atoms with van der Waals surface area (Å²) in [5.41, 5.74) is 2.32. The van der Waals surface area contributed by atoms with Crippen molar-refractivity contribution in [3.05, 3.63) is 30.0 Å². The van der Waals surface area contributed by atoms with E-state index >= 15 is 0 Å². The summed E-state index contributed by atoms with van der Waals surface area (Å²) in [6, 6.07) is 10.7. The van der Waals surface area contributed by atoms with Crippen molar-refractivity contribution in [3.63, 3.8) is 0 Å². The van der Waals surface area contributed by atoms with E-state index in [0.29, 0.717) is 6.04 Å². The van der Waals surface area contributed by atoms with Crippen LogP contribution in [0.2, 0.25) is 0 Å². The van der Waals surface area contributed by atoms with Gasteiger partial charge in [0.25, 0.3) is 0 Å². The summed E-state index contributed by atoms with van der Waals surface area (Å²) in [6.45, 7) is 0.967. The third kappa shape index (κ3) is 2.27. The van der Waals surface area contributed by atoms with Gasteiger partial charge in [0.1, 0.15) is 0 Å². The van der Waals surface area contributed by atoms with E-state index in [0.717, 1.165) is 24.1 Å². The largest absolute Gasteiger partial charge is 0.300 e. The first kappa shape index (κ1) is 13.3. The van der Waals surface area contributed by atoms with Gasteiger partial charge in [-0.1, -0.05) is 18.2 Å². The van der Waals surface area contributed by atoms with Crippen molar-refractivity contribution in [1.29, 1.82) is 0 Å². The molecule has 0 saturated carbocycles. The highest BCUT2D eigenvalue weighted by Gasteiger charge is 2.39. The molecule has 2 atom stereocenters. The number of nitrogens with one attached hydrogen (secondary N) is 1. The van der Waals surface area contributed by atoms with Gasteiger partial charge in [0, 0.05) is 30.1 Å². The minimum Gasteiger partial charge on any atom is -0.300 e. The molecule has 2 aliphatic heterocycles. The fourth-order valence-electron chi connectivity index (χ4n) is 4.26. The number of hydrogen-bond donors (Lipinski definition) is 1. The fraction of sp³-hybridized carbons (Fsp3) is 0.588. The molecule has 4 rings (SSSR count). The normalized spacial score (nSPS) is 29.6. The maximum absolute atomic E-state index is 4.41. The summed E-state index contributed by atoms with van der Waals surface area (Å²) in [7, 11) is 4.58. The van der Waals surface area contributed by atoms with E-state index in [1.165, 1.54) is 36.8 Å². The number of nitrogens with zero attached hydrogens (tertiary/aromatic N) is 3. The predicted molar refractivity (Wildman–Crippen MR) is 85.2 cm³/mol. The molecule has 4 nitrogen and oxygen atoms in total. The highest BCUT2D eigenvalue weighted by Crippen LogP contribution is 2.36. The topological polar surface area (TPSA) is 35.2 Å². The molecule has 0 amide bonds. The van der Waals surface area contributed by atoms with E-state index in [1.54, 1.807) is 0 Å². The smallest absolute Gasteiger partial charge is 0.0924 e. The molecule has 1 aromatic carbocycles. The maximum Gasteiger partial charge on any atom is 0.0924 e. The zero-order chi connectivity index (χ0) is 14.4. The van der Waals surface area contributed by atoms with Crippen molar-refractivity contribution in [2.24, 2.45) is 0 Å². The van der Waals surface area contributed by atoms with E-state index in [4.69, 9.17) is 0 Å². The van der Waals surface area contributed by atoms with Gasteiger partial charge >= 0.3 is 0 Å². The van der Waals surface area contributed by atoms with E-state index in [-0.39, 0.29) is 0 Å². The molecular weight excluding hydrogens is 260 g/mol. The van der Waals surface area contributed by atoms with Gasteiger partial charge in [0.05, 0.1) is 11.2 Å². The minimum atomic E-state index is 0.709. The van der Waals surface area contributed by atoms with E-state index in [2.05, 4.69) is 52.3 Å². The van der Waals surface area contributed by atoms with E-state index in [1.807, 2.05) is 6.07 Å². The monoisotopic (exact) mass is 284 g/mol. The molecule has 2 aliphatic rings. The fourth-order valence-corrected chi connectivity index (χ4v) is 4.26. The molecule has 0 spiro atoms. The number of fused-ring (bicyclic) bond motifs is 3. The summed E-state index contributed by atoms with van der Waals surface area (Å²) in [6.07, 6.45) is 5.40. The van der Waals surface area contributed by atoms with Crippen molar-refractivity contribution in [1.82, 2.24) is 20.0 Å². The van der Waals surface area contributed by atoms with Crippen LogP contribution in [0.15, 0.2) is 24.3 Å². The van der Waals surface area contributed by atoms with Crippen LogP contribution in [0, 0.1) is 0 Å². The highest BCUT2D eigenvalue weighted by atomic mass is 15.2. The Labute approximate surface area is 126 Å². The van der Waals surface area contributed by atoms with E-state index < -0.39 is 0 Å². The Kier molecular flexibility index (Phi) is 3.23. The van der Waals surface area contributed by atoms with Crippen LogP contribution in [-0.4, -0.2) is 52.2 Å². The molecule has 1 aromatic heterocycles. The van der Waals surface area contributed by atoms with Gasteiger partial charge < -0.3 is 4.90 Å². The summed E-state index contributed by atoms with van der Waals surface area (Å²) in [5.74, 6) is 0. The first-order valence-electron chi connectivity index (χ1n) is 8.06. The SMILES string of the molecule is CN(Cc1[nH]nc2ccccc12)C1CC2CCC(C1)N2C. The van der Waals surface area contributed by atoms with Crippen molar-refractivity contribution < 1.29 is 0 Å². The Morgan fingerprint density at radius 1 is 1.24 bits per heavy atom. The Hall–Kier alpha value is -1.39. The lowest BCUT2D eigenvalue weighted by molar-refractivity contribution is 0.0864. The van der Waals surface area contributed by atoms with Crippen molar-refractivity contribution in [2.45, 2.75) is 50.4 Å². The Balaban J connectivity index is 1.50. The zero-order valence-corrected chi connectivity index (χ0v) is 12.9. The summed E-state index contributed by atoms with van der Waals surface area (Å²) >= 11 is 0. The van der Waals surface area contributed by atoms with Gasteiger partial charge in [-0.15, -0.1) is 0 Å². The van der Waals surface area contributed by atoms with Crippen LogP contribution < -0.4 is 0 Å². The lowest BCUT2D eigenvalue weighted by atomic mass is 9.96. The first-order chi connectivity index (χ1) is 10.2. The molecule has 3 heterocycles. The van der Waals surface area contributed by atoms with Crippen LogP contribution in [0.5, 0.6) is 0 Å². The number of aromatic amines is 1. The minimum absolute atomic E-state index is 0.709. The molecule has 2 aromatic rings. The number of piperidine rings is 1. The average Bonchev–Trinajstić information content (AvgIpc) is 2.96. The van der Waals surface area contributed by atoms with Crippen molar-refractivity contribution >= 4 is 10.9 Å². The third-order valence-corrected chi connectivity index (χ3v) is 5.64. The van der Waals surface area contributed by atoms with E-state index in [9.17, 15) is 0 Å². The van der Waals surface area contributed by atoms with Crippen LogP contribution in [0.1, 0.15) is 31.4 Å². The second-order valence-corrected chi connectivity index (χ2v) is 6.81. The summed E-state index contributed by atoms with van der Waals surface area (Å²) < 4.78 is 0. The lowest BCUT2D eigenvalue weighted by Crippen LogP contribution is -2.47. The third-order valence-electron chi connectivity index (χ3n) is 5.64. The number of hydrogen-bond acceptors (Lipinski definition) is 3. The van der Waals surface area contributed by atoms with Gasteiger partial charge in [-0.3, -0.25) is 10.00 Å². The highest BCUT2D eigenvalue weighted by molar-refractivity contribution is 5.81. The standard InChI is InChI=1S/C17H24N4/c1-20(14-9-12-7-8-13(10-14)21(12)2)11-17-15-5-3-4-6-16(15)18-19-17/h3-6,12-14H,7-11H2,1-2H3,(H,18,19). The Bertz CT molecular complexity index is 621. The van der Waals surface area contributed by atoms with Gasteiger partial charge in [-0.25, -0.2) is 0 Å². The van der Waals surface area contributed by atoms with Gasteiger partial charge in [0.2, 0.25) is 0 Å². The molecule has 2 fully saturated rings. The molecule has 2 unspecified atom stereocenters. The van der Waals surface area contributed by atoms with Gasteiger partial charge in [0.15, 0.2) is 0 Å².